The Morgan fingerprint density at radius 2 is 2.11 bits per heavy atom. The van der Waals surface area contributed by atoms with E-state index in [4.69, 9.17) is 18.0 Å². The summed E-state index contributed by atoms with van der Waals surface area (Å²) >= 11 is 6.90. The number of hydrogen-bond donors (Lipinski definition) is 2. The number of nitrogens with two attached hydrogens (primary N) is 1. The number of anilines is 1. The quantitative estimate of drug-likeness (QED) is 0.849. The Morgan fingerprint density at radius 1 is 1.37 bits per heavy atom. The van der Waals surface area contributed by atoms with Crippen molar-refractivity contribution in [3.05, 3.63) is 44.9 Å². The van der Waals surface area contributed by atoms with E-state index in [0.717, 1.165) is 29.2 Å². The van der Waals surface area contributed by atoms with E-state index in [1.165, 1.54) is 9.75 Å². The summed E-state index contributed by atoms with van der Waals surface area (Å²) in [6.45, 7) is 6.78. The number of thiocarbonyl (C=S) groups is 1. The molecule has 0 aliphatic carbocycles. The molecule has 2 heterocycles. The van der Waals surface area contributed by atoms with Crippen LogP contribution in [0, 0.1) is 20.8 Å². The second-order valence-corrected chi connectivity index (χ2v) is 6.31. The molecule has 0 spiro atoms. The topological polar surface area (TPSA) is 50.9 Å². The highest BCUT2D eigenvalue weighted by atomic mass is 32.1. The highest BCUT2D eigenvalue weighted by Gasteiger charge is 2.11. The third-order valence-electron chi connectivity index (χ3n) is 2.82. The third kappa shape index (κ3) is 3.30. The molecule has 19 heavy (non-hydrogen) atoms. The maximum Gasteiger partial charge on any atom is 0.107 e. The van der Waals surface area contributed by atoms with Crippen LogP contribution in [0.25, 0.3) is 0 Å². The molecule has 2 aromatic heterocycles. The summed E-state index contributed by atoms with van der Waals surface area (Å²) in [4.78, 5) is 7.40. The minimum absolute atomic E-state index is 0.384. The first-order valence-corrected chi connectivity index (χ1v) is 7.27. The summed E-state index contributed by atoms with van der Waals surface area (Å²) in [6.07, 6.45) is 0. The standard InChI is InChI=1S/C14H17N3S2/c1-8-6-12(13(14(15)18)10(3)17-8)16-7-11-5-4-9(2)19-11/h4-6H,7H2,1-3H3,(H2,15,18)(H,16,17). The van der Waals surface area contributed by atoms with E-state index in [9.17, 15) is 0 Å². The lowest BCUT2D eigenvalue weighted by atomic mass is 10.1. The van der Waals surface area contributed by atoms with Crippen molar-refractivity contribution in [2.75, 3.05) is 5.32 Å². The van der Waals surface area contributed by atoms with E-state index in [0.29, 0.717) is 4.99 Å². The molecule has 0 bridgehead atoms. The molecule has 3 nitrogen and oxygen atoms in total. The van der Waals surface area contributed by atoms with Gasteiger partial charge in [0, 0.05) is 33.4 Å². The maximum atomic E-state index is 5.79. The van der Waals surface area contributed by atoms with Gasteiger partial charge in [0.05, 0.1) is 5.56 Å². The zero-order chi connectivity index (χ0) is 14.0. The number of nitrogens with zero attached hydrogens (tertiary/aromatic N) is 1. The fourth-order valence-electron chi connectivity index (χ4n) is 2.04. The van der Waals surface area contributed by atoms with Gasteiger partial charge in [-0.15, -0.1) is 11.3 Å². The molecule has 0 atom stereocenters. The molecule has 0 unspecified atom stereocenters. The molecular weight excluding hydrogens is 274 g/mol. The zero-order valence-electron chi connectivity index (χ0n) is 11.3. The fraction of sp³-hybridized carbons (Fsp3) is 0.286. The number of pyridine rings is 1. The molecule has 0 radical (unpaired) electrons. The molecule has 0 amide bonds. The van der Waals surface area contributed by atoms with E-state index in [-0.39, 0.29) is 0 Å². The first-order chi connectivity index (χ1) is 8.97. The molecule has 3 N–H and O–H groups in total. The molecule has 0 aliphatic heterocycles. The van der Waals surface area contributed by atoms with Gasteiger partial charge < -0.3 is 11.1 Å². The van der Waals surface area contributed by atoms with Crippen molar-refractivity contribution in [1.82, 2.24) is 4.98 Å². The minimum Gasteiger partial charge on any atom is -0.389 e. The molecule has 2 aromatic rings. The van der Waals surface area contributed by atoms with Crippen LogP contribution in [0.15, 0.2) is 18.2 Å². The minimum atomic E-state index is 0.384. The molecular formula is C14H17N3S2. The van der Waals surface area contributed by atoms with Gasteiger partial charge in [-0.05, 0) is 39.0 Å². The van der Waals surface area contributed by atoms with Gasteiger partial charge >= 0.3 is 0 Å². The van der Waals surface area contributed by atoms with Crippen LogP contribution in [-0.2, 0) is 6.54 Å². The number of aromatic nitrogens is 1. The lowest BCUT2D eigenvalue weighted by Crippen LogP contribution is -2.16. The smallest absolute Gasteiger partial charge is 0.107 e. The van der Waals surface area contributed by atoms with Crippen LogP contribution < -0.4 is 11.1 Å². The number of aryl methyl sites for hydroxylation is 3. The van der Waals surface area contributed by atoms with Crippen molar-refractivity contribution in [3.8, 4) is 0 Å². The van der Waals surface area contributed by atoms with Crippen LogP contribution in [0.5, 0.6) is 0 Å². The predicted molar refractivity (Wildman–Crippen MR) is 86.0 cm³/mol. The van der Waals surface area contributed by atoms with Gasteiger partial charge in [0.1, 0.15) is 4.99 Å². The summed E-state index contributed by atoms with van der Waals surface area (Å²) in [6, 6.07) is 6.25. The van der Waals surface area contributed by atoms with E-state index in [2.05, 4.69) is 29.4 Å². The monoisotopic (exact) mass is 291 g/mol. The Hall–Kier alpha value is -1.46. The largest absolute Gasteiger partial charge is 0.389 e. The SMILES string of the molecule is Cc1cc(NCc2ccc(C)s2)c(C(N)=S)c(C)n1. The second kappa shape index (κ2) is 5.67. The third-order valence-corrected chi connectivity index (χ3v) is 4.03. The van der Waals surface area contributed by atoms with E-state index >= 15 is 0 Å². The Labute approximate surface area is 122 Å². The van der Waals surface area contributed by atoms with Crippen LogP contribution in [-0.4, -0.2) is 9.97 Å². The fourth-order valence-corrected chi connectivity index (χ4v) is 3.13. The van der Waals surface area contributed by atoms with Crippen molar-refractivity contribution in [1.29, 1.82) is 0 Å². The van der Waals surface area contributed by atoms with Crippen LogP contribution in [0.3, 0.4) is 0 Å². The summed E-state index contributed by atoms with van der Waals surface area (Å²) in [5.74, 6) is 0. The molecule has 0 saturated heterocycles. The number of hydrogen-bond acceptors (Lipinski definition) is 4. The van der Waals surface area contributed by atoms with Gasteiger partial charge in [-0.1, -0.05) is 12.2 Å². The normalized spacial score (nSPS) is 10.5. The lowest BCUT2D eigenvalue weighted by Gasteiger charge is -2.13. The van der Waals surface area contributed by atoms with Crippen LogP contribution in [0.2, 0.25) is 0 Å². The van der Waals surface area contributed by atoms with Crippen LogP contribution in [0.4, 0.5) is 5.69 Å². The summed E-state index contributed by atoms with van der Waals surface area (Å²) in [7, 11) is 0. The van der Waals surface area contributed by atoms with Crippen LogP contribution >= 0.6 is 23.6 Å². The van der Waals surface area contributed by atoms with Crippen molar-refractivity contribution in [2.45, 2.75) is 27.3 Å². The Morgan fingerprint density at radius 3 is 2.68 bits per heavy atom. The van der Waals surface area contributed by atoms with Gasteiger partial charge in [-0.25, -0.2) is 0 Å². The van der Waals surface area contributed by atoms with Crippen molar-refractivity contribution < 1.29 is 0 Å². The Bertz CT molecular complexity index is 617. The number of nitrogens with one attached hydrogen (secondary N) is 1. The van der Waals surface area contributed by atoms with Crippen molar-refractivity contribution in [2.24, 2.45) is 5.73 Å². The Kier molecular flexibility index (Phi) is 4.17. The first-order valence-electron chi connectivity index (χ1n) is 6.04. The summed E-state index contributed by atoms with van der Waals surface area (Å²) in [5, 5.41) is 3.41. The summed E-state index contributed by atoms with van der Waals surface area (Å²) in [5.41, 5.74) is 9.43. The zero-order valence-corrected chi connectivity index (χ0v) is 12.9. The van der Waals surface area contributed by atoms with Gasteiger partial charge in [0.25, 0.3) is 0 Å². The molecule has 0 aliphatic rings. The van der Waals surface area contributed by atoms with Crippen molar-refractivity contribution >= 4 is 34.2 Å². The molecule has 5 heteroatoms. The molecule has 0 fully saturated rings. The van der Waals surface area contributed by atoms with Gasteiger partial charge in [-0.3, -0.25) is 4.98 Å². The van der Waals surface area contributed by atoms with E-state index in [1.54, 1.807) is 11.3 Å². The first kappa shape index (κ1) is 14.0. The average molecular weight is 291 g/mol. The lowest BCUT2D eigenvalue weighted by molar-refractivity contribution is 1.09. The number of rotatable bonds is 4. The molecule has 0 saturated carbocycles. The van der Waals surface area contributed by atoms with E-state index < -0.39 is 0 Å². The highest BCUT2D eigenvalue weighted by Crippen LogP contribution is 2.22. The second-order valence-electron chi connectivity index (χ2n) is 4.50. The van der Waals surface area contributed by atoms with E-state index in [1.807, 2.05) is 19.9 Å². The summed E-state index contributed by atoms with van der Waals surface area (Å²) < 4.78 is 0. The van der Waals surface area contributed by atoms with Crippen molar-refractivity contribution in [3.63, 3.8) is 0 Å². The molecule has 100 valence electrons. The number of thiophene rings is 1. The molecule has 2 rings (SSSR count). The van der Waals surface area contributed by atoms with Crippen LogP contribution in [0.1, 0.15) is 26.7 Å². The van der Waals surface area contributed by atoms with Gasteiger partial charge in [-0.2, -0.15) is 0 Å². The molecule has 0 aromatic carbocycles. The van der Waals surface area contributed by atoms with Gasteiger partial charge in [0.15, 0.2) is 0 Å². The van der Waals surface area contributed by atoms with Gasteiger partial charge in [0.2, 0.25) is 0 Å². The average Bonchev–Trinajstić information content (AvgIpc) is 2.71. The predicted octanol–water partition coefficient (Wildman–Crippen LogP) is 3.31. The maximum absolute atomic E-state index is 5.79. The Balaban J connectivity index is 2.26. The highest BCUT2D eigenvalue weighted by molar-refractivity contribution is 7.80.